The molecule has 1 rings (SSSR count). The summed E-state index contributed by atoms with van der Waals surface area (Å²) < 4.78 is 26.0. The fourth-order valence-electron chi connectivity index (χ4n) is 1.55. The summed E-state index contributed by atoms with van der Waals surface area (Å²) in [6.07, 6.45) is 1.56. The van der Waals surface area contributed by atoms with Gasteiger partial charge in [-0.3, -0.25) is 9.59 Å². The largest absolute Gasteiger partial charge is 0.325 e. The van der Waals surface area contributed by atoms with Crippen molar-refractivity contribution >= 4 is 39.1 Å². The predicted octanol–water partition coefficient (Wildman–Crippen LogP) is 2.29. The van der Waals surface area contributed by atoms with E-state index in [2.05, 4.69) is 5.32 Å². The van der Waals surface area contributed by atoms with Crippen molar-refractivity contribution in [2.24, 2.45) is 0 Å². The Morgan fingerprint density at radius 1 is 1.29 bits per heavy atom. The lowest BCUT2D eigenvalue weighted by molar-refractivity contribution is -0.119. The minimum absolute atomic E-state index is 0.0779. The second-order valence-electron chi connectivity index (χ2n) is 4.46. The van der Waals surface area contributed by atoms with Gasteiger partial charge in [-0.15, -0.1) is 0 Å². The highest BCUT2D eigenvalue weighted by atomic mass is 35.5. The first-order valence-corrected chi connectivity index (χ1v) is 8.25. The van der Waals surface area contributed by atoms with E-state index in [0.29, 0.717) is 12.1 Å². The summed E-state index contributed by atoms with van der Waals surface area (Å²) in [5.41, 5.74) is 0.306. The molecule has 0 aliphatic carbocycles. The van der Waals surface area contributed by atoms with Gasteiger partial charge >= 0.3 is 0 Å². The molecular weight excluding hydrogens is 316 g/mol. The maximum atomic E-state index is 12.0. The van der Waals surface area contributed by atoms with Crippen LogP contribution in [0.5, 0.6) is 0 Å². The molecule has 1 aromatic rings. The van der Waals surface area contributed by atoms with Crippen LogP contribution in [0.25, 0.3) is 0 Å². The molecule has 0 saturated heterocycles. The number of anilines is 1. The van der Waals surface area contributed by atoms with Crippen molar-refractivity contribution in [3.8, 4) is 0 Å². The van der Waals surface area contributed by atoms with Gasteiger partial charge in [0.05, 0.1) is 15.6 Å². The highest BCUT2D eigenvalue weighted by Gasteiger charge is 2.18. The van der Waals surface area contributed by atoms with Crippen LogP contribution in [0, 0.1) is 0 Å². The number of carbonyl (C=O) groups excluding carboxylic acids is 2. The van der Waals surface area contributed by atoms with Gasteiger partial charge < -0.3 is 5.32 Å². The zero-order valence-electron chi connectivity index (χ0n) is 11.8. The molecular formula is C13H17ClN2O4S. The first kappa shape index (κ1) is 17.5. The van der Waals surface area contributed by atoms with Crippen molar-refractivity contribution in [3.63, 3.8) is 0 Å². The van der Waals surface area contributed by atoms with E-state index in [0.717, 1.165) is 6.42 Å². The molecule has 0 aliphatic rings. The quantitative estimate of drug-likeness (QED) is 0.836. The molecule has 0 saturated carbocycles. The fraction of sp³-hybridized carbons (Fsp3) is 0.385. The molecule has 0 unspecified atom stereocenters. The molecule has 0 heterocycles. The van der Waals surface area contributed by atoms with Crippen molar-refractivity contribution in [2.75, 3.05) is 5.32 Å². The molecule has 0 radical (unpaired) electrons. The molecule has 0 aromatic heterocycles. The van der Waals surface area contributed by atoms with Crippen LogP contribution in [0.1, 0.15) is 33.1 Å². The van der Waals surface area contributed by atoms with E-state index in [-0.39, 0.29) is 22.2 Å². The summed E-state index contributed by atoms with van der Waals surface area (Å²) in [6.45, 7) is 3.22. The zero-order valence-corrected chi connectivity index (χ0v) is 13.3. The lowest BCUT2D eigenvalue weighted by Crippen LogP contribution is -2.30. The SMILES string of the molecule is CCCCC(=O)NS(=O)(=O)c1ccc(NC(C)=O)c(Cl)c1. The Kier molecular flexibility index (Phi) is 6.17. The van der Waals surface area contributed by atoms with Gasteiger partial charge in [-0.05, 0) is 24.6 Å². The van der Waals surface area contributed by atoms with Crippen LogP contribution in [0.3, 0.4) is 0 Å². The van der Waals surface area contributed by atoms with Crippen LogP contribution in [-0.2, 0) is 19.6 Å². The van der Waals surface area contributed by atoms with E-state index in [9.17, 15) is 18.0 Å². The molecule has 1 aromatic carbocycles. The Balaban J connectivity index is 2.91. The molecule has 0 bridgehead atoms. The van der Waals surface area contributed by atoms with Crippen molar-refractivity contribution in [3.05, 3.63) is 23.2 Å². The summed E-state index contributed by atoms with van der Waals surface area (Å²) in [7, 11) is -3.95. The number of benzene rings is 1. The number of hydrogen-bond donors (Lipinski definition) is 2. The molecule has 6 nitrogen and oxygen atoms in total. The molecule has 0 atom stereocenters. The van der Waals surface area contributed by atoms with Gasteiger partial charge in [0.2, 0.25) is 11.8 Å². The summed E-state index contributed by atoms with van der Waals surface area (Å²) in [4.78, 5) is 22.3. The molecule has 0 spiro atoms. The maximum absolute atomic E-state index is 12.0. The Morgan fingerprint density at radius 2 is 1.95 bits per heavy atom. The summed E-state index contributed by atoms with van der Waals surface area (Å²) in [5.74, 6) is -0.876. The number of sulfonamides is 1. The molecule has 116 valence electrons. The average molecular weight is 333 g/mol. The van der Waals surface area contributed by atoms with Gasteiger partial charge in [-0.25, -0.2) is 13.1 Å². The van der Waals surface area contributed by atoms with Gasteiger partial charge in [-0.1, -0.05) is 24.9 Å². The van der Waals surface area contributed by atoms with Crippen molar-refractivity contribution in [2.45, 2.75) is 38.0 Å². The number of amides is 2. The van der Waals surface area contributed by atoms with Crippen LogP contribution < -0.4 is 10.0 Å². The minimum Gasteiger partial charge on any atom is -0.325 e. The van der Waals surface area contributed by atoms with Gasteiger partial charge in [-0.2, -0.15) is 0 Å². The monoisotopic (exact) mass is 332 g/mol. The van der Waals surface area contributed by atoms with Gasteiger partial charge in [0, 0.05) is 13.3 Å². The number of hydrogen-bond acceptors (Lipinski definition) is 4. The van der Waals surface area contributed by atoms with Crippen molar-refractivity contribution in [1.82, 2.24) is 4.72 Å². The van der Waals surface area contributed by atoms with Gasteiger partial charge in [0.25, 0.3) is 10.0 Å². The number of halogens is 1. The highest BCUT2D eigenvalue weighted by Crippen LogP contribution is 2.25. The standard InChI is InChI=1S/C13H17ClN2O4S/c1-3-4-5-13(18)16-21(19,20)10-6-7-12(11(14)8-10)15-9(2)17/h6-8H,3-5H2,1-2H3,(H,15,17)(H,16,18). The molecule has 0 fully saturated rings. The molecule has 0 aliphatic heterocycles. The number of unbranched alkanes of at least 4 members (excludes halogenated alkanes) is 1. The van der Waals surface area contributed by atoms with E-state index in [1.807, 2.05) is 11.6 Å². The molecule has 8 heteroatoms. The Morgan fingerprint density at radius 3 is 2.48 bits per heavy atom. The molecule has 21 heavy (non-hydrogen) atoms. The van der Waals surface area contributed by atoms with Crippen molar-refractivity contribution < 1.29 is 18.0 Å². The van der Waals surface area contributed by atoms with E-state index >= 15 is 0 Å². The summed E-state index contributed by atoms with van der Waals surface area (Å²) >= 11 is 5.91. The average Bonchev–Trinajstić information content (AvgIpc) is 2.37. The van der Waals surface area contributed by atoms with Gasteiger partial charge in [0.1, 0.15) is 0 Å². The smallest absolute Gasteiger partial charge is 0.264 e. The van der Waals surface area contributed by atoms with E-state index < -0.39 is 15.9 Å². The number of rotatable bonds is 6. The fourth-order valence-corrected chi connectivity index (χ4v) is 2.88. The molecule has 2 amide bonds. The van der Waals surface area contributed by atoms with E-state index in [1.165, 1.54) is 25.1 Å². The predicted molar refractivity (Wildman–Crippen MR) is 80.6 cm³/mol. The maximum Gasteiger partial charge on any atom is 0.264 e. The van der Waals surface area contributed by atoms with Crippen LogP contribution in [0.4, 0.5) is 5.69 Å². The molecule has 2 N–H and O–H groups in total. The Labute approximate surface area is 128 Å². The Hall–Kier alpha value is -1.60. The summed E-state index contributed by atoms with van der Waals surface area (Å²) in [5, 5.41) is 2.55. The first-order valence-electron chi connectivity index (χ1n) is 6.39. The van der Waals surface area contributed by atoms with Gasteiger partial charge in [0.15, 0.2) is 0 Å². The van der Waals surface area contributed by atoms with Crippen LogP contribution in [-0.4, -0.2) is 20.2 Å². The third-order valence-corrected chi connectivity index (χ3v) is 4.25. The lowest BCUT2D eigenvalue weighted by Gasteiger charge is -2.09. The third-order valence-electron chi connectivity index (χ3n) is 2.57. The topological polar surface area (TPSA) is 92.3 Å². The second-order valence-corrected chi connectivity index (χ2v) is 6.54. The summed E-state index contributed by atoms with van der Waals surface area (Å²) in [6, 6.07) is 3.82. The number of nitrogens with one attached hydrogen (secondary N) is 2. The Bertz CT molecular complexity index is 644. The van der Waals surface area contributed by atoms with E-state index in [4.69, 9.17) is 11.6 Å². The van der Waals surface area contributed by atoms with Crippen molar-refractivity contribution in [1.29, 1.82) is 0 Å². The zero-order chi connectivity index (χ0) is 16.0. The second kappa shape index (κ2) is 7.42. The van der Waals surface area contributed by atoms with Crippen LogP contribution in [0.2, 0.25) is 5.02 Å². The minimum atomic E-state index is -3.95. The third kappa shape index (κ3) is 5.35. The van der Waals surface area contributed by atoms with E-state index in [1.54, 1.807) is 0 Å². The highest BCUT2D eigenvalue weighted by molar-refractivity contribution is 7.90. The van der Waals surface area contributed by atoms with Crippen LogP contribution >= 0.6 is 11.6 Å². The first-order chi connectivity index (χ1) is 9.76. The normalized spacial score (nSPS) is 11.0. The lowest BCUT2D eigenvalue weighted by atomic mass is 10.2. The van der Waals surface area contributed by atoms with Crippen LogP contribution in [0.15, 0.2) is 23.1 Å². The number of carbonyl (C=O) groups is 2.